The third-order valence-electron chi connectivity index (χ3n) is 2.60. The van der Waals surface area contributed by atoms with Crippen molar-refractivity contribution in [3.8, 4) is 0 Å². The number of fused-ring (bicyclic) bond motifs is 1. The Bertz CT molecular complexity index is 291. The number of anilines is 1. The molecule has 0 aromatic heterocycles. The van der Waals surface area contributed by atoms with Gasteiger partial charge in [0, 0.05) is 52.0 Å². The maximum absolute atomic E-state index is 4.15. The van der Waals surface area contributed by atoms with E-state index >= 15 is 0 Å². The monoisotopic (exact) mass is 306 g/mol. The van der Waals surface area contributed by atoms with E-state index in [1.54, 1.807) is 0 Å². The Morgan fingerprint density at radius 3 is 2.29 bits per heavy atom. The van der Waals surface area contributed by atoms with Gasteiger partial charge in [0.05, 0.1) is 0 Å². The van der Waals surface area contributed by atoms with E-state index in [1.165, 1.54) is 23.6 Å². The Hall–Kier alpha value is 0.124. The van der Waals surface area contributed by atoms with Gasteiger partial charge in [-0.1, -0.05) is 30.2 Å². The zero-order chi connectivity index (χ0) is 12.1. The van der Waals surface area contributed by atoms with Crippen LogP contribution in [-0.2, 0) is 32.7 Å². The number of nitrogens with zero attached hydrogens (tertiary/aromatic N) is 1. The molecule has 0 fully saturated rings. The molecule has 17 heavy (non-hydrogen) atoms. The third kappa shape index (κ3) is 5.53. The van der Waals surface area contributed by atoms with Crippen LogP contribution in [0.5, 0.6) is 0 Å². The van der Waals surface area contributed by atoms with Crippen molar-refractivity contribution < 1.29 is 32.7 Å². The van der Waals surface area contributed by atoms with Gasteiger partial charge in [0.25, 0.3) is 0 Å². The number of rotatable bonds is 0. The molecule has 1 radical (unpaired) electrons. The molecule has 2 rings (SSSR count). The predicted octanol–water partition coefficient (Wildman–Crippen LogP) is 4.06. The summed E-state index contributed by atoms with van der Waals surface area (Å²) in [6.07, 6.45) is 1.17. The summed E-state index contributed by atoms with van der Waals surface area (Å²) in [5, 5.41) is 0. The van der Waals surface area contributed by atoms with Crippen LogP contribution in [0, 0.1) is 12.8 Å². The van der Waals surface area contributed by atoms with Gasteiger partial charge >= 0.3 is 0 Å². The molecule has 2 heteroatoms. The average Bonchev–Trinajstić information content (AvgIpc) is 2.23. The van der Waals surface area contributed by atoms with Gasteiger partial charge in [-0.2, -0.15) is 20.8 Å². The first-order valence-corrected chi connectivity index (χ1v) is 5.92. The Morgan fingerprint density at radius 1 is 1.24 bits per heavy atom. The van der Waals surface area contributed by atoms with Gasteiger partial charge in [-0.3, -0.25) is 0 Å². The van der Waals surface area contributed by atoms with E-state index in [9.17, 15) is 0 Å². The molecule has 1 aliphatic heterocycles. The van der Waals surface area contributed by atoms with Crippen LogP contribution in [-0.4, -0.2) is 13.6 Å². The van der Waals surface area contributed by atoms with E-state index in [2.05, 4.69) is 63.9 Å². The van der Waals surface area contributed by atoms with Gasteiger partial charge in [-0.05, 0) is 6.07 Å². The summed E-state index contributed by atoms with van der Waals surface area (Å²) in [6.45, 7) is 11.5. The maximum Gasteiger partial charge on any atom is 0.0372 e. The van der Waals surface area contributed by atoms with Crippen molar-refractivity contribution in [2.45, 2.75) is 33.1 Å². The maximum atomic E-state index is 4.15. The number of hydrogen-bond donors (Lipinski definition) is 0. The molecular weight excluding hydrogens is 283 g/mol. The molecule has 0 amide bonds. The molecule has 1 aromatic rings. The number of hydrogen-bond acceptors (Lipinski definition) is 1. The molecule has 0 saturated heterocycles. The quantitative estimate of drug-likeness (QED) is 0.653. The molecule has 1 atom stereocenters. The van der Waals surface area contributed by atoms with E-state index < -0.39 is 0 Å². The van der Waals surface area contributed by atoms with Gasteiger partial charge < -0.3 is 17.7 Å². The van der Waals surface area contributed by atoms with Crippen LogP contribution < -0.4 is 4.90 Å². The Kier molecular flexibility index (Phi) is 8.33. The normalized spacial score (nSPS) is 17.8. The van der Waals surface area contributed by atoms with Gasteiger partial charge in [0.1, 0.15) is 0 Å². The van der Waals surface area contributed by atoms with Gasteiger partial charge in [-0.15, -0.1) is 5.92 Å². The standard InChI is InChI=1S/C11H14N.C4H9.Y/c1-9-7-8-12(2)11-6-4-3-5-10(9)11;1-4(2)3;/h3-6,9H,1,7-8H2,2H3;1-3H3;/q2*-1;. The molecule has 0 bridgehead atoms. The summed E-state index contributed by atoms with van der Waals surface area (Å²) in [7, 11) is 2.14. The molecule has 0 N–H and O–H groups in total. The van der Waals surface area contributed by atoms with Crippen LogP contribution in [0.1, 0.15) is 38.7 Å². The van der Waals surface area contributed by atoms with E-state index in [0.717, 1.165) is 6.54 Å². The molecule has 1 nitrogen and oxygen atoms in total. The van der Waals surface area contributed by atoms with E-state index in [4.69, 9.17) is 0 Å². The second kappa shape index (κ2) is 8.27. The fourth-order valence-electron chi connectivity index (χ4n) is 1.81. The Balaban J connectivity index is 0.000000453. The summed E-state index contributed by atoms with van der Waals surface area (Å²) in [5.41, 5.74) is 2.75. The van der Waals surface area contributed by atoms with Crippen LogP contribution >= 0.6 is 0 Å². The van der Waals surface area contributed by atoms with Crippen molar-refractivity contribution in [3.63, 3.8) is 0 Å². The summed E-state index contributed by atoms with van der Waals surface area (Å²) in [5.74, 6) is 1.90. The van der Waals surface area contributed by atoms with Crippen LogP contribution in [0.2, 0.25) is 0 Å². The fourth-order valence-corrected chi connectivity index (χ4v) is 1.81. The molecule has 1 unspecified atom stereocenters. The zero-order valence-corrected chi connectivity index (χ0v) is 14.4. The number of benzene rings is 1. The van der Waals surface area contributed by atoms with Gasteiger partial charge in [-0.25, -0.2) is 0 Å². The summed E-state index contributed by atoms with van der Waals surface area (Å²) in [6, 6.07) is 8.54. The molecule has 1 aromatic carbocycles. The number of para-hydroxylation sites is 1. The SMILES string of the molecule is C[C-](C)C.[CH2-]C1CCN(C)c2ccccc21.[Y]. The zero-order valence-electron chi connectivity index (χ0n) is 11.5. The van der Waals surface area contributed by atoms with E-state index in [1.807, 2.05) is 0 Å². The van der Waals surface area contributed by atoms with Crippen molar-refractivity contribution >= 4 is 5.69 Å². The third-order valence-corrected chi connectivity index (χ3v) is 2.60. The summed E-state index contributed by atoms with van der Waals surface area (Å²) in [4.78, 5) is 2.30. The minimum absolute atomic E-state index is 0. The van der Waals surface area contributed by atoms with Crippen LogP contribution in [0.3, 0.4) is 0 Å². The second-order valence-corrected chi connectivity index (χ2v) is 4.97. The molecule has 0 aliphatic carbocycles. The van der Waals surface area contributed by atoms with E-state index in [-0.39, 0.29) is 32.7 Å². The Morgan fingerprint density at radius 2 is 1.76 bits per heavy atom. The van der Waals surface area contributed by atoms with Crippen molar-refractivity contribution in [2.24, 2.45) is 0 Å². The summed E-state index contributed by atoms with van der Waals surface area (Å²) < 4.78 is 0. The van der Waals surface area contributed by atoms with Crippen LogP contribution in [0.25, 0.3) is 0 Å². The van der Waals surface area contributed by atoms with Crippen molar-refractivity contribution in [2.75, 3.05) is 18.5 Å². The first-order valence-electron chi connectivity index (χ1n) is 5.92. The molecule has 1 heterocycles. The first kappa shape index (κ1) is 17.1. The smallest absolute Gasteiger partial charge is 0.0372 e. The van der Waals surface area contributed by atoms with Crippen molar-refractivity contribution in [3.05, 3.63) is 42.7 Å². The predicted molar refractivity (Wildman–Crippen MR) is 72.7 cm³/mol. The topological polar surface area (TPSA) is 3.24 Å². The molecule has 93 valence electrons. The largest absolute Gasteiger partial charge is 0.375 e. The minimum atomic E-state index is 0. The summed E-state index contributed by atoms with van der Waals surface area (Å²) >= 11 is 0. The fraction of sp³-hybridized carbons (Fsp3) is 0.467. The molecule has 0 saturated carbocycles. The molecule has 0 spiro atoms. The molecular formula is C15H23NY-2. The van der Waals surface area contributed by atoms with Crippen molar-refractivity contribution in [1.29, 1.82) is 0 Å². The second-order valence-electron chi connectivity index (χ2n) is 4.97. The van der Waals surface area contributed by atoms with E-state index in [0.29, 0.717) is 5.92 Å². The average molecular weight is 306 g/mol. The van der Waals surface area contributed by atoms with Crippen molar-refractivity contribution in [1.82, 2.24) is 0 Å². The van der Waals surface area contributed by atoms with Gasteiger partial charge in [0.15, 0.2) is 0 Å². The van der Waals surface area contributed by atoms with Crippen LogP contribution in [0.4, 0.5) is 5.69 Å². The minimum Gasteiger partial charge on any atom is -0.375 e. The first-order chi connectivity index (χ1) is 7.52. The molecule has 1 aliphatic rings. The van der Waals surface area contributed by atoms with Crippen LogP contribution in [0.15, 0.2) is 24.3 Å². The Labute approximate surface area is 132 Å². The van der Waals surface area contributed by atoms with Gasteiger partial charge in [0.2, 0.25) is 0 Å².